The second-order valence-electron chi connectivity index (χ2n) is 7.03. The first kappa shape index (κ1) is 19.5. The van der Waals surface area contributed by atoms with Gasteiger partial charge in [0.2, 0.25) is 18.6 Å². The highest BCUT2D eigenvalue weighted by Crippen LogP contribution is 2.32. The van der Waals surface area contributed by atoms with E-state index in [0.29, 0.717) is 24.6 Å². The minimum atomic E-state index is -1.21. The smallest absolute Gasteiger partial charge is 0.235 e. The summed E-state index contributed by atoms with van der Waals surface area (Å²) in [6.07, 6.45) is 0. The van der Waals surface area contributed by atoms with Crippen molar-refractivity contribution < 1.29 is 23.8 Å². The van der Waals surface area contributed by atoms with Gasteiger partial charge in [-0.2, -0.15) is 0 Å². The fraction of sp³-hybridized carbons (Fsp3) is 0.333. The molecular weight excluding hydrogens is 360 g/mol. The van der Waals surface area contributed by atoms with E-state index < -0.39 is 5.41 Å². The number of ether oxygens (including phenoxy) is 3. The molecule has 0 atom stereocenters. The molecule has 0 fully saturated rings. The Morgan fingerprint density at radius 2 is 1.50 bits per heavy atom. The van der Waals surface area contributed by atoms with Crippen LogP contribution in [0.2, 0.25) is 0 Å². The Labute approximate surface area is 164 Å². The molecule has 0 radical (unpaired) electrons. The molecular formula is C21H24N2O5. The lowest BCUT2D eigenvalue weighted by Crippen LogP contribution is -2.47. The summed E-state index contributed by atoms with van der Waals surface area (Å²) in [5.74, 6) is 1.40. The molecule has 0 aromatic heterocycles. The molecule has 28 heavy (non-hydrogen) atoms. The third-order valence-corrected chi connectivity index (χ3v) is 4.64. The zero-order chi connectivity index (χ0) is 20.1. The average molecular weight is 384 g/mol. The van der Waals surface area contributed by atoms with Crippen LogP contribution >= 0.6 is 0 Å². The van der Waals surface area contributed by atoms with Crippen LogP contribution in [0.5, 0.6) is 17.2 Å². The Morgan fingerprint density at radius 3 is 2.14 bits per heavy atom. The quantitative estimate of drug-likeness (QED) is 0.716. The molecule has 0 bridgehead atoms. The van der Waals surface area contributed by atoms with Crippen molar-refractivity contribution >= 4 is 11.8 Å². The van der Waals surface area contributed by atoms with Gasteiger partial charge in [-0.25, -0.2) is 0 Å². The van der Waals surface area contributed by atoms with Gasteiger partial charge in [0.15, 0.2) is 11.5 Å². The van der Waals surface area contributed by atoms with Crippen LogP contribution in [0.25, 0.3) is 0 Å². The van der Waals surface area contributed by atoms with Gasteiger partial charge in [0.25, 0.3) is 0 Å². The lowest BCUT2D eigenvalue weighted by atomic mass is 9.91. The molecule has 0 saturated carbocycles. The number of fused-ring (bicyclic) bond motifs is 1. The van der Waals surface area contributed by atoms with Crippen LogP contribution in [-0.4, -0.2) is 25.7 Å². The molecule has 1 heterocycles. The largest absolute Gasteiger partial charge is 0.497 e. The number of amides is 2. The SMILES string of the molecule is COc1ccc(CNC(=O)C(C)(C)C(=O)NCc2ccc3c(c2)OCO3)cc1. The molecule has 2 aromatic carbocycles. The van der Waals surface area contributed by atoms with Crippen molar-refractivity contribution in [2.75, 3.05) is 13.9 Å². The highest BCUT2D eigenvalue weighted by atomic mass is 16.7. The van der Waals surface area contributed by atoms with E-state index in [-0.39, 0.29) is 18.6 Å². The molecule has 7 heteroatoms. The molecule has 1 aliphatic rings. The molecule has 0 aliphatic carbocycles. The third-order valence-electron chi connectivity index (χ3n) is 4.64. The van der Waals surface area contributed by atoms with Gasteiger partial charge < -0.3 is 24.8 Å². The van der Waals surface area contributed by atoms with Crippen molar-refractivity contribution in [3.05, 3.63) is 53.6 Å². The molecule has 7 nitrogen and oxygen atoms in total. The summed E-state index contributed by atoms with van der Waals surface area (Å²) in [4.78, 5) is 25.1. The monoisotopic (exact) mass is 384 g/mol. The zero-order valence-corrected chi connectivity index (χ0v) is 16.2. The van der Waals surface area contributed by atoms with Gasteiger partial charge in [0.1, 0.15) is 11.2 Å². The summed E-state index contributed by atoms with van der Waals surface area (Å²) >= 11 is 0. The predicted octanol–water partition coefficient (Wildman–Crippen LogP) is 2.38. The first-order valence-electron chi connectivity index (χ1n) is 8.98. The maximum Gasteiger partial charge on any atom is 0.235 e. The number of methoxy groups -OCH3 is 1. The molecule has 0 saturated heterocycles. The van der Waals surface area contributed by atoms with E-state index in [2.05, 4.69) is 10.6 Å². The van der Waals surface area contributed by atoms with Crippen molar-refractivity contribution in [2.24, 2.45) is 5.41 Å². The molecule has 0 spiro atoms. The van der Waals surface area contributed by atoms with Crippen LogP contribution in [0.3, 0.4) is 0 Å². The molecule has 3 rings (SSSR count). The Hall–Kier alpha value is -3.22. The Balaban J connectivity index is 1.53. The first-order chi connectivity index (χ1) is 13.4. The normalized spacial score (nSPS) is 12.4. The van der Waals surface area contributed by atoms with E-state index in [9.17, 15) is 9.59 Å². The number of carbonyl (C=O) groups excluding carboxylic acids is 2. The van der Waals surface area contributed by atoms with Gasteiger partial charge in [-0.15, -0.1) is 0 Å². The van der Waals surface area contributed by atoms with Crippen LogP contribution in [0, 0.1) is 5.41 Å². The van der Waals surface area contributed by atoms with E-state index in [1.807, 2.05) is 36.4 Å². The summed E-state index contributed by atoms with van der Waals surface area (Å²) in [5.41, 5.74) is 0.584. The van der Waals surface area contributed by atoms with Gasteiger partial charge >= 0.3 is 0 Å². The summed E-state index contributed by atoms with van der Waals surface area (Å²) < 4.78 is 15.7. The van der Waals surface area contributed by atoms with E-state index >= 15 is 0 Å². The molecule has 148 valence electrons. The fourth-order valence-corrected chi connectivity index (χ4v) is 2.70. The molecule has 2 amide bonds. The third kappa shape index (κ3) is 4.36. The average Bonchev–Trinajstić information content (AvgIpc) is 3.18. The Morgan fingerprint density at radius 1 is 0.929 bits per heavy atom. The second kappa shape index (κ2) is 8.21. The number of nitrogens with one attached hydrogen (secondary N) is 2. The maximum absolute atomic E-state index is 12.6. The number of carbonyl (C=O) groups is 2. The topological polar surface area (TPSA) is 85.9 Å². The first-order valence-corrected chi connectivity index (χ1v) is 8.98. The highest BCUT2D eigenvalue weighted by molar-refractivity contribution is 6.04. The van der Waals surface area contributed by atoms with Crippen molar-refractivity contribution in [2.45, 2.75) is 26.9 Å². The van der Waals surface area contributed by atoms with Crippen LogP contribution < -0.4 is 24.8 Å². The van der Waals surface area contributed by atoms with Crippen molar-refractivity contribution in [3.63, 3.8) is 0 Å². The maximum atomic E-state index is 12.6. The van der Waals surface area contributed by atoms with Gasteiger partial charge in [0.05, 0.1) is 7.11 Å². The lowest BCUT2D eigenvalue weighted by molar-refractivity contribution is -0.141. The van der Waals surface area contributed by atoms with E-state index in [1.165, 1.54) is 0 Å². The van der Waals surface area contributed by atoms with E-state index in [1.54, 1.807) is 27.0 Å². The Bertz CT molecular complexity index is 862. The number of benzene rings is 2. The zero-order valence-electron chi connectivity index (χ0n) is 16.2. The van der Waals surface area contributed by atoms with Crippen molar-refractivity contribution in [3.8, 4) is 17.2 Å². The molecule has 2 aromatic rings. The van der Waals surface area contributed by atoms with Crippen LogP contribution in [0.1, 0.15) is 25.0 Å². The number of hydrogen-bond donors (Lipinski definition) is 2. The van der Waals surface area contributed by atoms with Gasteiger partial charge in [0, 0.05) is 13.1 Å². The minimum Gasteiger partial charge on any atom is -0.497 e. The lowest BCUT2D eigenvalue weighted by Gasteiger charge is -2.23. The molecule has 1 aliphatic heterocycles. The van der Waals surface area contributed by atoms with E-state index in [0.717, 1.165) is 16.9 Å². The molecule has 2 N–H and O–H groups in total. The summed E-state index contributed by atoms with van der Waals surface area (Å²) in [6, 6.07) is 12.9. The van der Waals surface area contributed by atoms with E-state index in [4.69, 9.17) is 14.2 Å². The van der Waals surface area contributed by atoms with Crippen molar-refractivity contribution in [1.82, 2.24) is 10.6 Å². The van der Waals surface area contributed by atoms with Crippen LogP contribution in [0.15, 0.2) is 42.5 Å². The predicted molar refractivity (Wildman–Crippen MR) is 103 cm³/mol. The van der Waals surface area contributed by atoms with Crippen LogP contribution in [0.4, 0.5) is 0 Å². The molecule has 0 unspecified atom stereocenters. The van der Waals surface area contributed by atoms with Gasteiger partial charge in [-0.1, -0.05) is 18.2 Å². The van der Waals surface area contributed by atoms with Gasteiger partial charge in [-0.05, 0) is 49.2 Å². The van der Waals surface area contributed by atoms with Crippen LogP contribution in [-0.2, 0) is 22.7 Å². The summed E-state index contributed by atoms with van der Waals surface area (Å²) in [7, 11) is 1.60. The minimum absolute atomic E-state index is 0.201. The van der Waals surface area contributed by atoms with Gasteiger partial charge in [-0.3, -0.25) is 9.59 Å². The Kier molecular flexibility index (Phi) is 5.73. The summed E-state index contributed by atoms with van der Waals surface area (Å²) in [5, 5.41) is 5.62. The highest BCUT2D eigenvalue weighted by Gasteiger charge is 2.35. The van der Waals surface area contributed by atoms with Crippen molar-refractivity contribution in [1.29, 1.82) is 0 Å². The second-order valence-corrected chi connectivity index (χ2v) is 7.03. The summed E-state index contributed by atoms with van der Waals surface area (Å²) in [6.45, 7) is 4.04. The fourth-order valence-electron chi connectivity index (χ4n) is 2.70. The number of rotatable bonds is 7. The number of hydrogen-bond acceptors (Lipinski definition) is 5. The standard InChI is InChI=1S/C21H24N2O5/c1-21(2,19(24)22-11-14-4-7-16(26-3)8-5-14)20(25)23-12-15-6-9-17-18(10-15)28-13-27-17/h4-10H,11-13H2,1-3H3,(H,22,24)(H,23,25).